The summed E-state index contributed by atoms with van der Waals surface area (Å²) in [5.41, 5.74) is 3.99. The van der Waals surface area contributed by atoms with Gasteiger partial charge in [-0.25, -0.2) is 4.79 Å². The van der Waals surface area contributed by atoms with E-state index in [1.165, 1.54) is 0 Å². The standard InChI is InChI=1S/C16H17BrN4O4/c17-11-6-2-1-5-10(11)13(23)20-19-12(22)9-21-14(24)16(18-15(21)25)7-3-4-8-16/h1-2,5-6H,3-4,7-9H2,(H,18,25)(H,19,22)(H,20,23). The van der Waals surface area contributed by atoms with Gasteiger partial charge in [0.05, 0.1) is 5.56 Å². The molecule has 0 atom stereocenters. The predicted octanol–water partition coefficient (Wildman–Crippen LogP) is 1.07. The Kier molecular flexibility index (Phi) is 4.76. The second-order valence-electron chi connectivity index (χ2n) is 6.09. The van der Waals surface area contributed by atoms with Gasteiger partial charge in [0, 0.05) is 4.47 Å². The van der Waals surface area contributed by atoms with E-state index < -0.39 is 29.9 Å². The number of benzene rings is 1. The largest absolute Gasteiger partial charge is 0.325 e. The lowest BCUT2D eigenvalue weighted by molar-refractivity contribution is -0.135. The Bertz CT molecular complexity index is 745. The number of carbonyl (C=O) groups is 4. The van der Waals surface area contributed by atoms with Crippen molar-refractivity contribution in [2.75, 3.05) is 6.54 Å². The molecule has 0 unspecified atom stereocenters. The highest BCUT2D eigenvalue weighted by atomic mass is 79.9. The van der Waals surface area contributed by atoms with Crippen molar-refractivity contribution >= 4 is 39.7 Å². The fraction of sp³-hybridized carbons (Fsp3) is 0.375. The number of nitrogens with one attached hydrogen (secondary N) is 3. The molecule has 3 N–H and O–H groups in total. The summed E-state index contributed by atoms with van der Waals surface area (Å²) in [7, 11) is 0. The number of urea groups is 1. The molecule has 1 aliphatic heterocycles. The van der Waals surface area contributed by atoms with Crippen LogP contribution in [-0.2, 0) is 9.59 Å². The molecule has 2 fully saturated rings. The maximum atomic E-state index is 12.4. The molecule has 132 valence electrons. The number of hydrogen-bond donors (Lipinski definition) is 3. The van der Waals surface area contributed by atoms with Crippen molar-refractivity contribution in [2.45, 2.75) is 31.2 Å². The van der Waals surface area contributed by atoms with Crippen LogP contribution in [0.1, 0.15) is 36.0 Å². The summed E-state index contributed by atoms with van der Waals surface area (Å²) in [6, 6.07) is 6.17. The van der Waals surface area contributed by atoms with Gasteiger partial charge in [-0.3, -0.25) is 30.1 Å². The molecular formula is C16H17BrN4O4. The fourth-order valence-electron chi connectivity index (χ4n) is 3.16. The molecule has 0 aromatic heterocycles. The van der Waals surface area contributed by atoms with Crippen molar-refractivity contribution in [1.82, 2.24) is 21.1 Å². The lowest BCUT2D eigenvalue weighted by atomic mass is 9.98. The Hall–Kier alpha value is -2.42. The molecule has 1 aromatic carbocycles. The van der Waals surface area contributed by atoms with Gasteiger partial charge < -0.3 is 5.32 Å². The molecule has 1 saturated carbocycles. The molecule has 3 rings (SSSR count). The number of imide groups is 1. The van der Waals surface area contributed by atoms with Crippen LogP contribution in [0.4, 0.5) is 4.79 Å². The molecule has 9 heteroatoms. The van der Waals surface area contributed by atoms with Gasteiger partial charge in [0.25, 0.3) is 17.7 Å². The summed E-state index contributed by atoms with van der Waals surface area (Å²) >= 11 is 3.25. The van der Waals surface area contributed by atoms with Crippen LogP contribution in [-0.4, -0.2) is 40.7 Å². The molecule has 1 spiro atoms. The van der Waals surface area contributed by atoms with Gasteiger partial charge in [0.2, 0.25) is 0 Å². The number of halogens is 1. The number of rotatable bonds is 3. The Morgan fingerprint density at radius 3 is 2.52 bits per heavy atom. The van der Waals surface area contributed by atoms with Crippen LogP contribution >= 0.6 is 15.9 Å². The molecule has 0 radical (unpaired) electrons. The van der Waals surface area contributed by atoms with Crippen molar-refractivity contribution in [2.24, 2.45) is 0 Å². The van der Waals surface area contributed by atoms with Crippen LogP contribution in [0.3, 0.4) is 0 Å². The van der Waals surface area contributed by atoms with E-state index >= 15 is 0 Å². The van der Waals surface area contributed by atoms with E-state index in [1.54, 1.807) is 24.3 Å². The van der Waals surface area contributed by atoms with E-state index in [2.05, 4.69) is 32.1 Å². The van der Waals surface area contributed by atoms with Gasteiger partial charge in [-0.05, 0) is 40.9 Å². The second kappa shape index (κ2) is 6.83. The molecular weight excluding hydrogens is 392 g/mol. The molecule has 25 heavy (non-hydrogen) atoms. The highest BCUT2D eigenvalue weighted by Crippen LogP contribution is 2.34. The fourth-order valence-corrected chi connectivity index (χ4v) is 3.62. The minimum absolute atomic E-state index is 0.350. The third-order valence-electron chi connectivity index (χ3n) is 4.44. The molecule has 1 saturated heterocycles. The van der Waals surface area contributed by atoms with Gasteiger partial charge in [0.15, 0.2) is 0 Å². The Labute approximate surface area is 152 Å². The lowest BCUT2D eigenvalue weighted by Crippen LogP contribution is -2.48. The van der Waals surface area contributed by atoms with E-state index in [0.29, 0.717) is 22.9 Å². The number of hydrazine groups is 1. The average molecular weight is 409 g/mol. The van der Waals surface area contributed by atoms with Crippen LogP contribution in [0.5, 0.6) is 0 Å². The maximum Gasteiger partial charge on any atom is 0.325 e. The Morgan fingerprint density at radius 1 is 1.16 bits per heavy atom. The topological polar surface area (TPSA) is 108 Å². The van der Waals surface area contributed by atoms with E-state index in [-0.39, 0.29) is 5.91 Å². The van der Waals surface area contributed by atoms with E-state index in [0.717, 1.165) is 17.7 Å². The highest BCUT2D eigenvalue weighted by Gasteiger charge is 2.52. The number of nitrogens with zero attached hydrogens (tertiary/aromatic N) is 1. The molecule has 0 bridgehead atoms. The normalized spacial score (nSPS) is 18.4. The highest BCUT2D eigenvalue weighted by molar-refractivity contribution is 9.10. The molecule has 1 aliphatic carbocycles. The first-order valence-corrected chi connectivity index (χ1v) is 8.70. The van der Waals surface area contributed by atoms with Crippen molar-refractivity contribution < 1.29 is 19.2 Å². The first kappa shape index (κ1) is 17.4. The first-order valence-electron chi connectivity index (χ1n) is 7.91. The molecule has 5 amide bonds. The Balaban J connectivity index is 1.56. The number of hydrogen-bond acceptors (Lipinski definition) is 4. The van der Waals surface area contributed by atoms with Crippen molar-refractivity contribution in [3.05, 3.63) is 34.3 Å². The van der Waals surface area contributed by atoms with E-state index in [4.69, 9.17) is 0 Å². The third-order valence-corrected chi connectivity index (χ3v) is 5.13. The van der Waals surface area contributed by atoms with Crippen molar-refractivity contribution in [3.8, 4) is 0 Å². The summed E-state index contributed by atoms with van der Waals surface area (Å²) < 4.78 is 0.582. The minimum Gasteiger partial charge on any atom is -0.323 e. The van der Waals surface area contributed by atoms with Gasteiger partial charge in [0.1, 0.15) is 12.1 Å². The monoisotopic (exact) mass is 408 g/mol. The average Bonchev–Trinajstić information content (AvgIpc) is 3.14. The van der Waals surface area contributed by atoms with Crippen molar-refractivity contribution in [3.63, 3.8) is 0 Å². The summed E-state index contributed by atoms with van der Waals surface area (Å²) in [5.74, 6) is -1.54. The zero-order valence-electron chi connectivity index (χ0n) is 13.3. The molecule has 1 heterocycles. The molecule has 1 aromatic rings. The van der Waals surface area contributed by atoms with Crippen LogP contribution in [0, 0.1) is 0 Å². The van der Waals surface area contributed by atoms with Gasteiger partial charge >= 0.3 is 6.03 Å². The molecule has 8 nitrogen and oxygen atoms in total. The first-order chi connectivity index (χ1) is 11.9. The lowest BCUT2D eigenvalue weighted by Gasteiger charge is -2.19. The number of carbonyl (C=O) groups excluding carboxylic acids is 4. The van der Waals surface area contributed by atoms with Crippen LogP contribution < -0.4 is 16.2 Å². The summed E-state index contributed by atoms with van der Waals surface area (Å²) in [5, 5.41) is 2.70. The quantitative estimate of drug-likeness (QED) is 0.513. The number of amides is 5. The molecule has 2 aliphatic rings. The zero-order chi connectivity index (χ0) is 18.0. The van der Waals surface area contributed by atoms with Crippen LogP contribution in [0.2, 0.25) is 0 Å². The van der Waals surface area contributed by atoms with Crippen molar-refractivity contribution in [1.29, 1.82) is 0 Å². The zero-order valence-corrected chi connectivity index (χ0v) is 14.9. The Morgan fingerprint density at radius 2 is 1.84 bits per heavy atom. The summed E-state index contributed by atoms with van der Waals surface area (Å²) in [6.07, 6.45) is 2.92. The predicted molar refractivity (Wildman–Crippen MR) is 91.2 cm³/mol. The second-order valence-corrected chi connectivity index (χ2v) is 6.95. The van der Waals surface area contributed by atoms with Gasteiger partial charge in [-0.15, -0.1) is 0 Å². The van der Waals surface area contributed by atoms with Gasteiger partial charge in [-0.1, -0.05) is 25.0 Å². The SMILES string of the molecule is O=C(CN1C(=O)NC2(CCCC2)C1=O)NNC(=O)c1ccccc1Br. The smallest absolute Gasteiger partial charge is 0.323 e. The summed E-state index contributed by atoms with van der Waals surface area (Å²) in [4.78, 5) is 49.4. The van der Waals surface area contributed by atoms with Crippen LogP contribution in [0.25, 0.3) is 0 Å². The minimum atomic E-state index is -0.852. The van der Waals surface area contributed by atoms with E-state index in [9.17, 15) is 19.2 Å². The van der Waals surface area contributed by atoms with E-state index in [1.807, 2.05) is 0 Å². The van der Waals surface area contributed by atoms with Crippen LogP contribution in [0.15, 0.2) is 28.7 Å². The van der Waals surface area contributed by atoms with Gasteiger partial charge in [-0.2, -0.15) is 0 Å². The third kappa shape index (κ3) is 3.37. The summed E-state index contributed by atoms with van der Waals surface area (Å²) in [6.45, 7) is -0.442. The maximum absolute atomic E-state index is 12.4.